The summed E-state index contributed by atoms with van der Waals surface area (Å²) >= 11 is 0. The lowest BCUT2D eigenvalue weighted by atomic mass is 9.63. The van der Waals surface area contributed by atoms with Crippen LogP contribution in [0, 0.1) is 11.8 Å². The molecular formula is C45H42. The first kappa shape index (κ1) is 27.2. The Hall–Kier alpha value is -4.16. The van der Waals surface area contributed by atoms with E-state index < -0.39 is 0 Å². The normalized spacial score (nSPS) is 24.9. The Morgan fingerprint density at radius 2 is 1.47 bits per heavy atom. The van der Waals surface area contributed by atoms with Crippen LogP contribution in [0.4, 0.5) is 0 Å². The molecule has 2 unspecified atom stereocenters. The van der Waals surface area contributed by atoms with E-state index >= 15 is 0 Å². The summed E-state index contributed by atoms with van der Waals surface area (Å²) in [6.45, 7) is 0. The molecular weight excluding hydrogens is 540 g/mol. The lowest BCUT2D eigenvalue weighted by Gasteiger charge is -2.41. The number of rotatable bonds is 4. The Labute approximate surface area is 268 Å². The lowest BCUT2D eigenvalue weighted by Crippen LogP contribution is -2.35. The molecule has 222 valence electrons. The van der Waals surface area contributed by atoms with Gasteiger partial charge < -0.3 is 0 Å². The number of benzene rings is 2. The van der Waals surface area contributed by atoms with Crippen molar-refractivity contribution >= 4 is 34.1 Å². The summed E-state index contributed by atoms with van der Waals surface area (Å²) < 4.78 is 0. The van der Waals surface area contributed by atoms with E-state index in [4.69, 9.17) is 0 Å². The molecule has 9 rings (SSSR count). The van der Waals surface area contributed by atoms with Crippen LogP contribution in [0.25, 0.3) is 34.1 Å². The summed E-state index contributed by atoms with van der Waals surface area (Å²) in [5.41, 5.74) is 15.5. The van der Waals surface area contributed by atoms with Gasteiger partial charge in [-0.1, -0.05) is 109 Å². The first-order valence-electron chi connectivity index (χ1n) is 17.5. The minimum atomic E-state index is 0.494. The molecule has 0 saturated heterocycles. The monoisotopic (exact) mass is 582 g/mol. The van der Waals surface area contributed by atoms with E-state index in [1.54, 1.807) is 27.9 Å². The van der Waals surface area contributed by atoms with Crippen molar-refractivity contribution in [3.05, 3.63) is 152 Å². The van der Waals surface area contributed by atoms with Crippen LogP contribution in [0.5, 0.6) is 0 Å². The first-order valence-corrected chi connectivity index (χ1v) is 17.5. The van der Waals surface area contributed by atoms with Gasteiger partial charge in [0.2, 0.25) is 0 Å². The summed E-state index contributed by atoms with van der Waals surface area (Å²) in [5, 5.41) is 5.85. The lowest BCUT2D eigenvalue weighted by molar-refractivity contribution is 0.469. The molecule has 0 heterocycles. The van der Waals surface area contributed by atoms with Crippen LogP contribution in [0.15, 0.2) is 131 Å². The van der Waals surface area contributed by atoms with Gasteiger partial charge >= 0.3 is 0 Å². The van der Waals surface area contributed by atoms with E-state index in [2.05, 4.69) is 109 Å². The molecule has 2 aromatic carbocycles. The SMILES string of the molecule is C1=CCCC(c2c3c(c(C4=C5C=CC6=C(CC7=CCCC=C7)C7=CC=CCC7CC6C5=CCC4)c4ccccc24)=CCCC=3)=C1. The van der Waals surface area contributed by atoms with E-state index in [0.29, 0.717) is 11.8 Å². The zero-order valence-electron chi connectivity index (χ0n) is 26.3. The van der Waals surface area contributed by atoms with Gasteiger partial charge in [-0.3, -0.25) is 0 Å². The van der Waals surface area contributed by atoms with Crippen LogP contribution in [0.2, 0.25) is 0 Å². The Morgan fingerprint density at radius 1 is 0.644 bits per heavy atom. The molecule has 0 aromatic heterocycles. The first-order chi connectivity index (χ1) is 22.3. The van der Waals surface area contributed by atoms with Gasteiger partial charge in [-0.25, -0.2) is 0 Å². The van der Waals surface area contributed by atoms with Crippen molar-refractivity contribution in [2.45, 2.75) is 70.6 Å². The standard InChI is InChI=1S/C45H42/c1-3-14-30(15-4-1)28-42-33-19-8-7-18-32(33)29-43-34-24-13-25-37(35(34)26-27-36(42)43)45-40-22-11-9-20-38(40)44(31-16-5-2-6-17-31)39-21-10-12-23-41(39)45/h2-3,5,7-9,11,14-16,19-24,26-27,32,43H,1,4,6,10,12-13,17-18,25,28-29H2. The maximum atomic E-state index is 2.62. The predicted octanol–water partition coefficient (Wildman–Crippen LogP) is 10.5. The molecule has 0 aliphatic heterocycles. The molecule has 0 N–H and O–H groups in total. The van der Waals surface area contributed by atoms with Crippen molar-refractivity contribution in [1.82, 2.24) is 0 Å². The molecule has 2 atom stereocenters. The highest BCUT2D eigenvalue weighted by Gasteiger charge is 2.38. The number of hydrogen-bond donors (Lipinski definition) is 0. The topological polar surface area (TPSA) is 0 Å². The summed E-state index contributed by atoms with van der Waals surface area (Å²) in [6.07, 6.45) is 46.7. The number of fused-ring (bicyclic) bond motifs is 6. The fraction of sp³-hybridized carbons (Fsp3) is 0.289. The maximum absolute atomic E-state index is 2.62. The van der Waals surface area contributed by atoms with Crippen LogP contribution in [0.3, 0.4) is 0 Å². The van der Waals surface area contributed by atoms with Crippen molar-refractivity contribution in [3.8, 4) is 0 Å². The maximum Gasteiger partial charge on any atom is 0.0101 e. The molecule has 0 heteroatoms. The predicted molar refractivity (Wildman–Crippen MR) is 193 cm³/mol. The number of hydrogen-bond acceptors (Lipinski definition) is 0. The molecule has 0 radical (unpaired) electrons. The van der Waals surface area contributed by atoms with Gasteiger partial charge in [-0.05, 0) is 153 Å². The zero-order chi connectivity index (χ0) is 29.7. The Balaban J connectivity index is 1.26. The molecule has 0 amide bonds. The molecule has 0 nitrogen and oxygen atoms in total. The average molecular weight is 583 g/mol. The van der Waals surface area contributed by atoms with Crippen LogP contribution in [-0.4, -0.2) is 0 Å². The van der Waals surface area contributed by atoms with Gasteiger partial charge in [0.1, 0.15) is 0 Å². The number of allylic oxidation sites excluding steroid dienone is 20. The van der Waals surface area contributed by atoms with Gasteiger partial charge in [0.05, 0.1) is 0 Å². The summed E-state index contributed by atoms with van der Waals surface area (Å²) in [4.78, 5) is 0. The van der Waals surface area contributed by atoms with E-state index in [1.165, 1.54) is 74.7 Å². The zero-order valence-corrected chi connectivity index (χ0v) is 26.3. The summed E-state index contributed by atoms with van der Waals surface area (Å²) in [5.74, 6) is 1.12. The molecule has 45 heavy (non-hydrogen) atoms. The minimum Gasteiger partial charge on any atom is -0.0842 e. The third kappa shape index (κ3) is 4.56. The van der Waals surface area contributed by atoms with E-state index in [0.717, 1.165) is 44.9 Å². The molecule has 0 saturated carbocycles. The summed E-state index contributed by atoms with van der Waals surface area (Å²) in [6, 6.07) is 9.32. The highest BCUT2D eigenvalue weighted by atomic mass is 14.4. The Morgan fingerprint density at radius 3 is 2.29 bits per heavy atom. The quantitative estimate of drug-likeness (QED) is 0.336. The van der Waals surface area contributed by atoms with Gasteiger partial charge in [0.15, 0.2) is 0 Å². The van der Waals surface area contributed by atoms with Crippen molar-refractivity contribution < 1.29 is 0 Å². The Bertz CT molecular complexity index is 2070. The molecule has 0 fully saturated rings. The second-order valence-electron chi connectivity index (χ2n) is 13.8. The second-order valence-corrected chi connectivity index (χ2v) is 13.8. The van der Waals surface area contributed by atoms with Crippen LogP contribution in [0.1, 0.15) is 81.8 Å². The fourth-order valence-electron chi connectivity index (χ4n) is 9.34. The van der Waals surface area contributed by atoms with Crippen LogP contribution in [-0.2, 0) is 0 Å². The fourth-order valence-corrected chi connectivity index (χ4v) is 9.34. The third-order valence-corrected chi connectivity index (χ3v) is 11.3. The van der Waals surface area contributed by atoms with Crippen molar-refractivity contribution in [3.63, 3.8) is 0 Å². The molecule has 0 spiro atoms. The third-order valence-electron chi connectivity index (χ3n) is 11.3. The van der Waals surface area contributed by atoms with Crippen LogP contribution < -0.4 is 10.4 Å². The smallest absolute Gasteiger partial charge is 0.0101 e. The molecule has 7 aliphatic rings. The van der Waals surface area contributed by atoms with Crippen molar-refractivity contribution in [2.24, 2.45) is 11.8 Å². The van der Waals surface area contributed by atoms with E-state index in [1.807, 2.05) is 0 Å². The molecule has 7 aliphatic carbocycles. The van der Waals surface area contributed by atoms with E-state index in [9.17, 15) is 0 Å². The molecule has 2 aromatic rings. The average Bonchev–Trinajstić information content (AvgIpc) is 3.11. The molecule has 0 bridgehead atoms. The second kappa shape index (κ2) is 11.3. The van der Waals surface area contributed by atoms with Crippen molar-refractivity contribution in [1.29, 1.82) is 0 Å². The van der Waals surface area contributed by atoms with Gasteiger partial charge in [-0.15, -0.1) is 0 Å². The largest absolute Gasteiger partial charge is 0.0842 e. The van der Waals surface area contributed by atoms with Crippen LogP contribution >= 0.6 is 0 Å². The highest BCUT2D eigenvalue weighted by Crippen LogP contribution is 2.52. The van der Waals surface area contributed by atoms with Gasteiger partial charge in [0, 0.05) is 5.92 Å². The van der Waals surface area contributed by atoms with Crippen molar-refractivity contribution in [2.75, 3.05) is 0 Å². The van der Waals surface area contributed by atoms with Gasteiger partial charge in [-0.2, -0.15) is 0 Å². The summed E-state index contributed by atoms with van der Waals surface area (Å²) in [7, 11) is 0. The minimum absolute atomic E-state index is 0.494. The van der Waals surface area contributed by atoms with Gasteiger partial charge in [0.25, 0.3) is 0 Å². The Kier molecular flexibility index (Phi) is 6.84. The van der Waals surface area contributed by atoms with E-state index in [-0.39, 0.29) is 0 Å². The highest BCUT2D eigenvalue weighted by molar-refractivity contribution is 6.03.